The van der Waals surface area contributed by atoms with Gasteiger partial charge in [-0.05, 0) is 62.2 Å². The van der Waals surface area contributed by atoms with Gasteiger partial charge in [0.2, 0.25) is 11.8 Å². The molecule has 1 unspecified atom stereocenters. The number of nitrogens with one attached hydrogen (secondary N) is 1. The first-order chi connectivity index (χ1) is 18.9. The molecule has 0 aromatic heterocycles. The van der Waals surface area contributed by atoms with Gasteiger partial charge in [0.25, 0.3) is 10.0 Å². The van der Waals surface area contributed by atoms with Crippen molar-refractivity contribution in [2.45, 2.75) is 51.1 Å². The zero-order valence-electron chi connectivity index (χ0n) is 22.5. The molecule has 0 aliphatic heterocycles. The molecule has 3 rings (SSSR count). The molecule has 2 amide bonds. The van der Waals surface area contributed by atoms with Crippen molar-refractivity contribution in [3.05, 3.63) is 92.9 Å². The van der Waals surface area contributed by atoms with Crippen LogP contribution in [0, 0.1) is 6.92 Å². The van der Waals surface area contributed by atoms with E-state index in [1.54, 1.807) is 43.3 Å². The molecule has 0 spiro atoms. The average molecular weight is 625 g/mol. The van der Waals surface area contributed by atoms with Crippen LogP contribution < -0.4 is 9.62 Å². The van der Waals surface area contributed by atoms with Crippen molar-refractivity contribution in [3.8, 4) is 0 Å². The minimum atomic E-state index is -4.22. The van der Waals surface area contributed by atoms with Gasteiger partial charge < -0.3 is 10.2 Å². The minimum Gasteiger partial charge on any atom is -0.354 e. The summed E-state index contributed by atoms with van der Waals surface area (Å²) >= 11 is 18.7. The van der Waals surface area contributed by atoms with Gasteiger partial charge in [-0.15, -0.1) is 0 Å². The zero-order valence-corrected chi connectivity index (χ0v) is 25.6. The first-order valence-electron chi connectivity index (χ1n) is 12.8. The molecule has 0 aliphatic rings. The average Bonchev–Trinajstić information content (AvgIpc) is 2.92. The molecule has 40 heavy (non-hydrogen) atoms. The monoisotopic (exact) mass is 623 g/mol. The van der Waals surface area contributed by atoms with Gasteiger partial charge in [0.15, 0.2) is 0 Å². The molecule has 7 nitrogen and oxygen atoms in total. The number of aryl methyl sites for hydroxylation is 1. The summed E-state index contributed by atoms with van der Waals surface area (Å²) in [5, 5.41) is 3.64. The fourth-order valence-electron chi connectivity index (χ4n) is 3.94. The SMILES string of the molecule is CCCCNC(=O)C(C)N(Cc1ccccc1Cl)C(=O)CN(c1ccc(Cl)c(Cl)c1)S(=O)(=O)c1ccc(C)cc1. The van der Waals surface area contributed by atoms with Crippen molar-refractivity contribution < 1.29 is 18.0 Å². The van der Waals surface area contributed by atoms with Crippen LogP contribution in [0.3, 0.4) is 0 Å². The summed E-state index contributed by atoms with van der Waals surface area (Å²) in [6.07, 6.45) is 1.68. The van der Waals surface area contributed by atoms with Gasteiger partial charge in [0, 0.05) is 18.1 Å². The number of nitrogens with zero attached hydrogens (tertiary/aromatic N) is 2. The van der Waals surface area contributed by atoms with Crippen LogP contribution in [0.1, 0.15) is 37.8 Å². The van der Waals surface area contributed by atoms with E-state index in [0.29, 0.717) is 17.1 Å². The summed E-state index contributed by atoms with van der Waals surface area (Å²) in [5.74, 6) is -0.948. The number of carbonyl (C=O) groups excluding carboxylic acids is 2. The van der Waals surface area contributed by atoms with Crippen LogP contribution >= 0.6 is 34.8 Å². The molecule has 0 aliphatic carbocycles. The Bertz CT molecular complexity index is 1450. The Morgan fingerprint density at radius 1 is 0.925 bits per heavy atom. The van der Waals surface area contributed by atoms with Gasteiger partial charge in [0.05, 0.1) is 20.6 Å². The summed E-state index contributed by atoms with van der Waals surface area (Å²) in [7, 11) is -4.22. The molecule has 3 aromatic carbocycles. The van der Waals surface area contributed by atoms with Gasteiger partial charge in [-0.2, -0.15) is 0 Å². The molecule has 0 fully saturated rings. The Kier molecular flexibility index (Phi) is 11.3. The third kappa shape index (κ3) is 7.91. The third-order valence-electron chi connectivity index (χ3n) is 6.37. The number of hydrogen-bond donors (Lipinski definition) is 1. The summed E-state index contributed by atoms with van der Waals surface area (Å²) in [6, 6.07) is 16.7. The maximum absolute atomic E-state index is 13.9. The molecule has 0 saturated carbocycles. The quantitative estimate of drug-likeness (QED) is 0.234. The maximum atomic E-state index is 13.9. The van der Waals surface area contributed by atoms with Crippen LogP contribution in [-0.4, -0.2) is 44.3 Å². The second-order valence-corrected chi connectivity index (χ2v) is 12.4. The lowest BCUT2D eigenvalue weighted by molar-refractivity contribution is -0.139. The first-order valence-corrected chi connectivity index (χ1v) is 15.4. The number of unbranched alkanes of at least 4 members (excludes halogenated alkanes) is 1. The second kappa shape index (κ2) is 14.2. The second-order valence-electron chi connectivity index (χ2n) is 9.36. The Hall–Kier alpha value is -2.78. The Morgan fingerprint density at radius 2 is 1.60 bits per heavy atom. The Morgan fingerprint density at radius 3 is 2.23 bits per heavy atom. The number of sulfonamides is 1. The van der Waals surface area contributed by atoms with Gasteiger partial charge in [-0.3, -0.25) is 13.9 Å². The number of carbonyl (C=O) groups is 2. The number of amides is 2. The van der Waals surface area contributed by atoms with E-state index in [-0.39, 0.29) is 33.1 Å². The molecule has 0 radical (unpaired) electrons. The molecule has 0 heterocycles. The van der Waals surface area contributed by atoms with Crippen LogP contribution in [-0.2, 0) is 26.2 Å². The van der Waals surface area contributed by atoms with E-state index in [0.717, 1.165) is 22.7 Å². The fraction of sp³-hybridized carbons (Fsp3) is 0.310. The molecule has 0 saturated heterocycles. The van der Waals surface area contributed by atoms with Gasteiger partial charge in [0.1, 0.15) is 12.6 Å². The highest BCUT2D eigenvalue weighted by atomic mass is 35.5. The van der Waals surface area contributed by atoms with Crippen molar-refractivity contribution in [1.29, 1.82) is 0 Å². The number of halogens is 3. The lowest BCUT2D eigenvalue weighted by Crippen LogP contribution is -2.51. The van der Waals surface area contributed by atoms with Crippen LogP contribution in [0.2, 0.25) is 15.1 Å². The standard InChI is InChI=1S/C29H32Cl3N3O4S/c1-4-5-16-33-29(37)21(3)34(18-22-8-6-7-9-25(22)30)28(36)19-35(23-12-15-26(31)27(32)17-23)40(38,39)24-13-10-20(2)11-14-24/h6-15,17,21H,4-5,16,18-19H2,1-3H3,(H,33,37). The lowest BCUT2D eigenvalue weighted by Gasteiger charge is -2.32. The number of hydrogen-bond acceptors (Lipinski definition) is 4. The molecular weight excluding hydrogens is 593 g/mol. The maximum Gasteiger partial charge on any atom is 0.264 e. The largest absolute Gasteiger partial charge is 0.354 e. The predicted molar refractivity (Wildman–Crippen MR) is 162 cm³/mol. The molecule has 1 atom stereocenters. The minimum absolute atomic E-state index is 0.0000154. The number of anilines is 1. The zero-order chi connectivity index (χ0) is 29.4. The molecule has 0 bridgehead atoms. The first kappa shape index (κ1) is 31.7. The van der Waals surface area contributed by atoms with Gasteiger partial charge in [-0.25, -0.2) is 8.42 Å². The summed E-state index contributed by atoms with van der Waals surface area (Å²) in [6.45, 7) is 5.33. The highest BCUT2D eigenvalue weighted by Gasteiger charge is 2.33. The molecule has 214 valence electrons. The van der Waals surface area contributed by atoms with E-state index in [2.05, 4.69) is 5.32 Å². The van der Waals surface area contributed by atoms with Crippen molar-refractivity contribution in [1.82, 2.24) is 10.2 Å². The van der Waals surface area contributed by atoms with Crippen molar-refractivity contribution in [3.63, 3.8) is 0 Å². The van der Waals surface area contributed by atoms with E-state index in [1.807, 2.05) is 13.8 Å². The van der Waals surface area contributed by atoms with Crippen LogP contribution in [0.4, 0.5) is 5.69 Å². The van der Waals surface area contributed by atoms with E-state index in [4.69, 9.17) is 34.8 Å². The number of benzene rings is 3. The van der Waals surface area contributed by atoms with E-state index in [9.17, 15) is 18.0 Å². The highest BCUT2D eigenvalue weighted by Crippen LogP contribution is 2.31. The Labute approximate surface area is 251 Å². The normalized spacial score (nSPS) is 12.1. The highest BCUT2D eigenvalue weighted by molar-refractivity contribution is 7.92. The summed E-state index contributed by atoms with van der Waals surface area (Å²) in [4.78, 5) is 28.3. The van der Waals surface area contributed by atoms with E-state index < -0.39 is 28.5 Å². The van der Waals surface area contributed by atoms with Crippen molar-refractivity contribution in [2.24, 2.45) is 0 Å². The Balaban J connectivity index is 2.03. The van der Waals surface area contributed by atoms with Gasteiger partial charge >= 0.3 is 0 Å². The number of rotatable bonds is 12. The van der Waals surface area contributed by atoms with Gasteiger partial charge in [-0.1, -0.05) is 84.0 Å². The van der Waals surface area contributed by atoms with Crippen molar-refractivity contribution in [2.75, 3.05) is 17.4 Å². The molecule has 3 aromatic rings. The van der Waals surface area contributed by atoms with Crippen LogP contribution in [0.5, 0.6) is 0 Å². The van der Waals surface area contributed by atoms with Crippen LogP contribution in [0.15, 0.2) is 71.6 Å². The summed E-state index contributed by atoms with van der Waals surface area (Å²) < 4.78 is 28.7. The lowest BCUT2D eigenvalue weighted by atomic mass is 10.1. The van der Waals surface area contributed by atoms with E-state index in [1.165, 1.54) is 35.2 Å². The predicted octanol–water partition coefficient (Wildman–Crippen LogP) is 6.48. The fourth-order valence-corrected chi connectivity index (χ4v) is 5.83. The third-order valence-corrected chi connectivity index (χ3v) is 9.27. The molecule has 11 heteroatoms. The smallest absolute Gasteiger partial charge is 0.264 e. The topological polar surface area (TPSA) is 86.8 Å². The van der Waals surface area contributed by atoms with Crippen molar-refractivity contribution >= 4 is 62.3 Å². The van der Waals surface area contributed by atoms with E-state index >= 15 is 0 Å². The van der Waals surface area contributed by atoms with Crippen LogP contribution in [0.25, 0.3) is 0 Å². The summed E-state index contributed by atoms with van der Waals surface area (Å²) in [5.41, 5.74) is 1.65. The molecular formula is C29H32Cl3N3O4S. The molecule has 1 N–H and O–H groups in total.